The van der Waals surface area contributed by atoms with Gasteiger partial charge < -0.3 is 14.7 Å². The average molecular weight is 463 g/mol. The number of rotatable bonds is 9. The van der Waals surface area contributed by atoms with Crippen molar-refractivity contribution in [2.75, 3.05) is 25.0 Å². The van der Waals surface area contributed by atoms with E-state index in [2.05, 4.69) is 32.6 Å². The Morgan fingerprint density at radius 3 is 2.35 bits per heavy atom. The summed E-state index contributed by atoms with van der Waals surface area (Å²) in [5, 5.41) is 17.6. The number of fused-ring (bicyclic) bond motifs is 3. The van der Waals surface area contributed by atoms with Gasteiger partial charge in [-0.25, -0.2) is 4.79 Å². The zero-order valence-corrected chi connectivity index (χ0v) is 18.7. The summed E-state index contributed by atoms with van der Waals surface area (Å²) in [7, 11) is 0. The molecule has 0 radical (unpaired) electrons. The van der Waals surface area contributed by atoms with Crippen LogP contribution >= 0.6 is 0 Å². The smallest absolute Gasteiger partial charge is 0.414 e. The lowest BCUT2D eigenvalue weighted by Gasteiger charge is -2.18. The number of amides is 2. The Labute approximate surface area is 196 Å². The van der Waals surface area contributed by atoms with E-state index in [-0.39, 0.29) is 37.3 Å². The van der Waals surface area contributed by atoms with E-state index < -0.39 is 18.0 Å². The van der Waals surface area contributed by atoms with E-state index >= 15 is 0 Å². The molecule has 1 aromatic heterocycles. The maximum Gasteiger partial charge on any atom is 0.414 e. The molecule has 3 N–H and O–H groups in total. The summed E-state index contributed by atoms with van der Waals surface area (Å²) in [5.74, 6) is -1.56. The second-order valence-electron chi connectivity index (χ2n) is 7.84. The molecule has 2 amide bonds. The molecule has 1 heterocycles. The van der Waals surface area contributed by atoms with Crippen LogP contribution in [0.4, 0.5) is 10.7 Å². The standard InChI is InChI=1S/C24H25N5O5/c1-2-29(13-7-12-20(30)31)22(32)21-25-23(28-27-21)26-24(33)34-14-19-17-10-5-3-8-15(17)16-9-4-6-11-18(16)19/h3-6,8-11,19H,2,7,12-14H2,1H3,(H,30,31)(H2,25,26,27,28,33). The molecule has 1 aliphatic rings. The summed E-state index contributed by atoms with van der Waals surface area (Å²) < 4.78 is 5.46. The lowest BCUT2D eigenvalue weighted by Crippen LogP contribution is -2.32. The van der Waals surface area contributed by atoms with Crippen molar-refractivity contribution in [3.8, 4) is 11.1 Å². The van der Waals surface area contributed by atoms with Gasteiger partial charge in [-0.05, 0) is 35.6 Å². The highest BCUT2D eigenvalue weighted by Crippen LogP contribution is 2.44. The van der Waals surface area contributed by atoms with E-state index in [1.165, 1.54) is 4.90 Å². The number of anilines is 1. The van der Waals surface area contributed by atoms with Gasteiger partial charge in [0, 0.05) is 25.4 Å². The molecule has 0 unspecified atom stereocenters. The Morgan fingerprint density at radius 1 is 1.09 bits per heavy atom. The number of aliphatic carboxylic acids is 1. The molecule has 0 fully saturated rings. The summed E-state index contributed by atoms with van der Waals surface area (Å²) in [5.41, 5.74) is 4.47. The van der Waals surface area contributed by atoms with Crippen LogP contribution in [0.5, 0.6) is 0 Å². The van der Waals surface area contributed by atoms with Crippen molar-refractivity contribution in [1.29, 1.82) is 0 Å². The molecule has 10 heteroatoms. The fraction of sp³-hybridized carbons (Fsp3) is 0.292. The lowest BCUT2D eigenvalue weighted by atomic mass is 9.98. The first kappa shape index (κ1) is 23.0. The molecule has 1 aliphatic carbocycles. The molecule has 0 spiro atoms. The molecule has 176 valence electrons. The fourth-order valence-corrected chi connectivity index (χ4v) is 4.11. The molecule has 2 aromatic carbocycles. The minimum atomic E-state index is -0.919. The van der Waals surface area contributed by atoms with Gasteiger partial charge >= 0.3 is 12.1 Å². The Morgan fingerprint density at radius 2 is 1.74 bits per heavy atom. The molecule has 0 bridgehead atoms. The number of hydrogen-bond donors (Lipinski definition) is 3. The van der Waals surface area contributed by atoms with Crippen molar-refractivity contribution in [1.82, 2.24) is 20.1 Å². The van der Waals surface area contributed by atoms with Crippen LogP contribution in [0.2, 0.25) is 0 Å². The van der Waals surface area contributed by atoms with Crippen LogP contribution in [0.3, 0.4) is 0 Å². The number of carbonyl (C=O) groups is 3. The van der Waals surface area contributed by atoms with E-state index in [0.29, 0.717) is 13.0 Å². The minimum Gasteiger partial charge on any atom is -0.481 e. The molecular weight excluding hydrogens is 438 g/mol. The van der Waals surface area contributed by atoms with Gasteiger partial charge in [0.25, 0.3) is 11.9 Å². The van der Waals surface area contributed by atoms with Crippen LogP contribution in [0.1, 0.15) is 47.4 Å². The number of carboxylic acids is 1. The van der Waals surface area contributed by atoms with Crippen LogP contribution in [0, 0.1) is 0 Å². The van der Waals surface area contributed by atoms with Crippen LogP contribution in [0.15, 0.2) is 48.5 Å². The Kier molecular flexibility index (Phi) is 6.86. The fourth-order valence-electron chi connectivity index (χ4n) is 4.11. The molecule has 34 heavy (non-hydrogen) atoms. The minimum absolute atomic E-state index is 0.0330. The summed E-state index contributed by atoms with van der Waals surface area (Å²) in [6.45, 7) is 2.58. The first-order valence-corrected chi connectivity index (χ1v) is 11.0. The third kappa shape index (κ3) is 4.90. The van der Waals surface area contributed by atoms with Crippen molar-refractivity contribution in [2.24, 2.45) is 0 Å². The van der Waals surface area contributed by atoms with Crippen LogP contribution in [0.25, 0.3) is 11.1 Å². The van der Waals surface area contributed by atoms with Gasteiger partial charge in [-0.15, -0.1) is 5.10 Å². The molecular formula is C24H25N5O5. The second-order valence-corrected chi connectivity index (χ2v) is 7.84. The highest BCUT2D eigenvalue weighted by molar-refractivity contribution is 5.91. The SMILES string of the molecule is CCN(CCCC(=O)O)C(=O)c1nc(NC(=O)OCC2c3ccccc3-c3ccccc32)n[nH]1. The van der Waals surface area contributed by atoms with E-state index in [4.69, 9.17) is 9.84 Å². The van der Waals surface area contributed by atoms with Crippen LogP contribution in [-0.2, 0) is 9.53 Å². The highest BCUT2D eigenvalue weighted by atomic mass is 16.5. The highest BCUT2D eigenvalue weighted by Gasteiger charge is 2.29. The summed E-state index contributed by atoms with van der Waals surface area (Å²) >= 11 is 0. The quantitative estimate of drug-likeness (QED) is 0.442. The number of aromatic amines is 1. The normalized spacial score (nSPS) is 12.0. The zero-order valence-electron chi connectivity index (χ0n) is 18.7. The summed E-state index contributed by atoms with van der Waals surface area (Å²) in [6, 6.07) is 16.1. The summed E-state index contributed by atoms with van der Waals surface area (Å²) in [6.07, 6.45) is -0.434. The van der Waals surface area contributed by atoms with Gasteiger partial charge in [0.1, 0.15) is 6.61 Å². The van der Waals surface area contributed by atoms with Crippen LogP contribution < -0.4 is 5.32 Å². The Hall–Kier alpha value is -4.21. The maximum atomic E-state index is 12.6. The van der Waals surface area contributed by atoms with Gasteiger partial charge in [0.05, 0.1) is 0 Å². The Balaban J connectivity index is 1.35. The number of carboxylic acid groups (broad SMARTS) is 1. The van der Waals surface area contributed by atoms with Gasteiger partial charge in [-0.3, -0.25) is 20.0 Å². The van der Waals surface area contributed by atoms with Gasteiger partial charge in [0.2, 0.25) is 5.82 Å². The van der Waals surface area contributed by atoms with Crippen molar-refractivity contribution in [3.05, 3.63) is 65.5 Å². The third-order valence-corrected chi connectivity index (χ3v) is 5.73. The topological polar surface area (TPSA) is 138 Å². The number of nitrogens with one attached hydrogen (secondary N) is 2. The molecule has 0 atom stereocenters. The van der Waals surface area contributed by atoms with Gasteiger partial charge in [-0.2, -0.15) is 4.98 Å². The largest absolute Gasteiger partial charge is 0.481 e. The second kappa shape index (κ2) is 10.2. The molecule has 0 saturated heterocycles. The van der Waals surface area contributed by atoms with E-state index in [1.54, 1.807) is 6.92 Å². The number of benzene rings is 2. The van der Waals surface area contributed by atoms with Crippen molar-refractivity contribution >= 4 is 23.9 Å². The number of ether oxygens (including phenoxy) is 1. The average Bonchev–Trinajstić information content (AvgIpc) is 3.42. The maximum absolute atomic E-state index is 12.6. The molecule has 0 saturated carbocycles. The zero-order chi connectivity index (χ0) is 24.1. The van der Waals surface area contributed by atoms with E-state index in [9.17, 15) is 14.4 Å². The first-order chi connectivity index (χ1) is 16.5. The van der Waals surface area contributed by atoms with Gasteiger partial charge in [-0.1, -0.05) is 48.5 Å². The first-order valence-electron chi connectivity index (χ1n) is 11.0. The Bertz CT molecular complexity index is 1160. The number of nitrogens with zero attached hydrogens (tertiary/aromatic N) is 3. The molecule has 10 nitrogen and oxygen atoms in total. The van der Waals surface area contributed by atoms with Crippen molar-refractivity contribution in [2.45, 2.75) is 25.7 Å². The van der Waals surface area contributed by atoms with Crippen molar-refractivity contribution < 1.29 is 24.2 Å². The van der Waals surface area contributed by atoms with E-state index in [1.807, 2.05) is 36.4 Å². The third-order valence-electron chi connectivity index (χ3n) is 5.73. The predicted molar refractivity (Wildman–Crippen MR) is 124 cm³/mol. The van der Waals surface area contributed by atoms with Gasteiger partial charge in [0.15, 0.2) is 0 Å². The number of H-pyrrole nitrogens is 1. The molecule has 4 rings (SSSR count). The van der Waals surface area contributed by atoms with E-state index in [0.717, 1.165) is 22.3 Å². The predicted octanol–water partition coefficient (Wildman–Crippen LogP) is 3.49. The number of carbonyl (C=O) groups excluding carboxylic acids is 2. The molecule has 3 aromatic rings. The summed E-state index contributed by atoms with van der Waals surface area (Å²) in [4.78, 5) is 41.2. The van der Waals surface area contributed by atoms with Crippen LogP contribution in [-0.4, -0.2) is 62.9 Å². The number of hydrogen-bond acceptors (Lipinski definition) is 6. The molecule has 0 aliphatic heterocycles. The van der Waals surface area contributed by atoms with Crippen molar-refractivity contribution in [3.63, 3.8) is 0 Å². The lowest BCUT2D eigenvalue weighted by molar-refractivity contribution is -0.137. The number of aromatic nitrogens is 3. The monoisotopic (exact) mass is 463 g/mol.